The maximum atomic E-state index is 13.1. The Hall–Kier alpha value is -4.39. The molecule has 3 aromatic carbocycles. The minimum absolute atomic E-state index is 0.280. The highest BCUT2D eigenvalue weighted by atomic mass is 16.5. The van der Waals surface area contributed by atoms with E-state index in [1.54, 1.807) is 11.6 Å². The van der Waals surface area contributed by atoms with Crippen LogP contribution in [0, 0.1) is 0 Å². The van der Waals surface area contributed by atoms with Gasteiger partial charge in [0.1, 0.15) is 18.4 Å². The van der Waals surface area contributed by atoms with Gasteiger partial charge in [0.15, 0.2) is 5.82 Å². The Balaban J connectivity index is 1.54. The van der Waals surface area contributed by atoms with E-state index in [0.717, 1.165) is 16.7 Å². The molecule has 7 heteroatoms. The highest BCUT2D eigenvalue weighted by Gasteiger charge is 2.35. The predicted octanol–water partition coefficient (Wildman–Crippen LogP) is 5.38. The summed E-state index contributed by atoms with van der Waals surface area (Å²) in [5, 5.41) is 8.03. The zero-order chi connectivity index (χ0) is 24.2. The summed E-state index contributed by atoms with van der Waals surface area (Å²) in [6.07, 6.45) is 0. The number of allylic oxidation sites excluding steroid dienone is 1. The van der Waals surface area contributed by atoms with Gasteiger partial charge in [0, 0.05) is 11.3 Å². The molecule has 1 atom stereocenters. The van der Waals surface area contributed by atoms with E-state index in [4.69, 9.17) is 19.6 Å². The molecule has 1 N–H and O–H groups in total. The molecule has 1 aliphatic rings. The second-order valence-electron chi connectivity index (χ2n) is 8.20. The van der Waals surface area contributed by atoms with E-state index >= 15 is 0 Å². The molecule has 0 aliphatic carbocycles. The van der Waals surface area contributed by atoms with Crippen LogP contribution in [0.4, 0.5) is 5.95 Å². The van der Waals surface area contributed by atoms with E-state index in [1.807, 2.05) is 91.9 Å². The molecule has 2 heterocycles. The summed E-state index contributed by atoms with van der Waals surface area (Å²) in [7, 11) is 0. The van der Waals surface area contributed by atoms with Crippen molar-refractivity contribution in [3.63, 3.8) is 0 Å². The van der Waals surface area contributed by atoms with E-state index in [2.05, 4.69) is 5.32 Å². The van der Waals surface area contributed by atoms with E-state index < -0.39 is 6.04 Å². The molecule has 0 radical (unpaired) electrons. The predicted molar refractivity (Wildman–Crippen MR) is 134 cm³/mol. The minimum atomic E-state index is -0.518. The minimum Gasteiger partial charge on any atom is -0.489 e. The number of hydrogen-bond acceptors (Lipinski definition) is 6. The van der Waals surface area contributed by atoms with Crippen molar-refractivity contribution in [2.45, 2.75) is 26.5 Å². The van der Waals surface area contributed by atoms with Gasteiger partial charge >= 0.3 is 5.97 Å². The summed E-state index contributed by atoms with van der Waals surface area (Å²) in [6.45, 7) is 4.38. The highest BCUT2D eigenvalue weighted by Crippen LogP contribution is 2.37. The second kappa shape index (κ2) is 9.85. The third-order valence-corrected chi connectivity index (χ3v) is 5.80. The van der Waals surface area contributed by atoms with Crippen LogP contribution in [-0.4, -0.2) is 27.3 Å². The number of hydrogen-bond donors (Lipinski definition) is 1. The zero-order valence-electron chi connectivity index (χ0n) is 19.6. The normalized spacial score (nSPS) is 14.7. The molecule has 0 bridgehead atoms. The maximum Gasteiger partial charge on any atom is 0.338 e. The highest BCUT2D eigenvalue weighted by molar-refractivity contribution is 5.92. The number of nitrogens with one attached hydrogen (secondary N) is 1. The smallest absolute Gasteiger partial charge is 0.338 e. The van der Waals surface area contributed by atoms with Crippen molar-refractivity contribution in [2.24, 2.45) is 0 Å². The van der Waals surface area contributed by atoms with Gasteiger partial charge in [-0.05, 0) is 37.1 Å². The van der Waals surface area contributed by atoms with Gasteiger partial charge in [-0.2, -0.15) is 4.98 Å². The summed E-state index contributed by atoms with van der Waals surface area (Å²) in [4.78, 5) is 17.8. The van der Waals surface area contributed by atoms with Gasteiger partial charge in [0.25, 0.3) is 0 Å². The quantitative estimate of drug-likeness (QED) is 0.369. The number of fused-ring (bicyclic) bond motifs is 1. The molecule has 35 heavy (non-hydrogen) atoms. The largest absolute Gasteiger partial charge is 0.489 e. The van der Waals surface area contributed by atoms with E-state index in [9.17, 15) is 4.79 Å². The van der Waals surface area contributed by atoms with Crippen LogP contribution >= 0.6 is 0 Å². The van der Waals surface area contributed by atoms with Crippen molar-refractivity contribution in [3.05, 3.63) is 107 Å². The lowest BCUT2D eigenvalue weighted by molar-refractivity contribution is -0.139. The Kier molecular flexibility index (Phi) is 6.30. The molecule has 7 nitrogen and oxygen atoms in total. The van der Waals surface area contributed by atoms with E-state index in [0.29, 0.717) is 35.4 Å². The van der Waals surface area contributed by atoms with Gasteiger partial charge in [-0.1, -0.05) is 72.8 Å². The van der Waals surface area contributed by atoms with Crippen LogP contribution in [-0.2, 0) is 16.1 Å². The molecule has 0 fully saturated rings. The summed E-state index contributed by atoms with van der Waals surface area (Å²) in [6, 6.07) is 27.0. The Morgan fingerprint density at radius 3 is 2.49 bits per heavy atom. The van der Waals surface area contributed by atoms with Crippen molar-refractivity contribution in [1.82, 2.24) is 14.8 Å². The van der Waals surface area contributed by atoms with Gasteiger partial charge in [-0.15, -0.1) is 5.10 Å². The number of carbonyl (C=O) groups is 1. The first-order valence-corrected chi connectivity index (χ1v) is 11.6. The SMILES string of the molecule is CCOC(=O)C1=C(C)Nc2nc(-c3ccccc3)nn2C1c1cccc(OCc2ccccc2)c1. The fraction of sp³-hybridized carbons (Fsp3) is 0.179. The molecule has 0 saturated heterocycles. The number of benzene rings is 3. The van der Waals surface area contributed by atoms with Crippen molar-refractivity contribution >= 4 is 11.9 Å². The molecule has 4 aromatic rings. The van der Waals surface area contributed by atoms with Crippen LogP contribution in [0.1, 0.15) is 31.0 Å². The van der Waals surface area contributed by atoms with Crippen molar-refractivity contribution < 1.29 is 14.3 Å². The van der Waals surface area contributed by atoms with Gasteiger partial charge < -0.3 is 14.8 Å². The zero-order valence-corrected chi connectivity index (χ0v) is 19.6. The van der Waals surface area contributed by atoms with Crippen molar-refractivity contribution in [1.29, 1.82) is 0 Å². The maximum absolute atomic E-state index is 13.1. The Bertz CT molecular complexity index is 1360. The molecule has 1 aliphatic heterocycles. The first-order valence-electron chi connectivity index (χ1n) is 11.6. The lowest BCUT2D eigenvalue weighted by atomic mass is 9.95. The molecular weight excluding hydrogens is 440 g/mol. The Morgan fingerprint density at radius 2 is 1.74 bits per heavy atom. The first kappa shape index (κ1) is 22.4. The number of esters is 1. The number of rotatable bonds is 7. The summed E-state index contributed by atoms with van der Waals surface area (Å²) in [5.74, 6) is 1.46. The summed E-state index contributed by atoms with van der Waals surface area (Å²) >= 11 is 0. The average Bonchev–Trinajstić information content (AvgIpc) is 3.31. The van der Waals surface area contributed by atoms with Crippen LogP contribution in [0.25, 0.3) is 11.4 Å². The molecule has 1 aromatic heterocycles. The van der Waals surface area contributed by atoms with Gasteiger partial charge in [0.05, 0.1) is 12.2 Å². The Morgan fingerprint density at radius 1 is 1.00 bits per heavy atom. The number of carbonyl (C=O) groups excluding carboxylic acids is 1. The summed E-state index contributed by atoms with van der Waals surface area (Å²) in [5.41, 5.74) is 4.00. The number of nitrogens with zero attached hydrogens (tertiary/aromatic N) is 3. The van der Waals surface area contributed by atoms with Crippen LogP contribution in [0.5, 0.6) is 5.75 Å². The first-order chi connectivity index (χ1) is 17.1. The van der Waals surface area contributed by atoms with Crippen LogP contribution in [0.2, 0.25) is 0 Å². The standard InChI is InChI=1S/C28H26N4O3/c1-3-34-27(33)24-19(2)29-28-30-26(21-13-8-5-9-14-21)31-32(28)25(24)22-15-10-16-23(17-22)35-18-20-11-6-4-7-12-20/h4-17,25H,3,18H2,1-2H3,(H,29,30,31). The van der Waals surface area contributed by atoms with Gasteiger partial charge in [0.2, 0.25) is 5.95 Å². The second-order valence-corrected chi connectivity index (χ2v) is 8.20. The van der Waals surface area contributed by atoms with Crippen LogP contribution in [0.15, 0.2) is 96.2 Å². The fourth-order valence-corrected chi connectivity index (χ4v) is 4.16. The van der Waals surface area contributed by atoms with Gasteiger partial charge in [-0.3, -0.25) is 0 Å². The topological polar surface area (TPSA) is 78.3 Å². The van der Waals surface area contributed by atoms with Gasteiger partial charge in [-0.25, -0.2) is 9.48 Å². The van der Waals surface area contributed by atoms with Crippen LogP contribution in [0.3, 0.4) is 0 Å². The van der Waals surface area contributed by atoms with E-state index in [-0.39, 0.29) is 12.6 Å². The molecular formula is C28H26N4O3. The third-order valence-electron chi connectivity index (χ3n) is 5.80. The fourth-order valence-electron chi connectivity index (χ4n) is 4.16. The molecule has 0 amide bonds. The molecule has 1 unspecified atom stereocenters. The monoisotopic (exact) mass is 466 g/mol. The molecule has 0 spiro atoms. The molecule has 5 rings (SSSR count). The number of anilines is 1. The van der Waals surface area contributed by atoms with Crippen molar-refractivity contribution in [2.75, 3.05) is 11.9 Å². The third kappa shape index (κ3) is 4.66. The lowest BCUT2D eigenvalue weighted by Gasteiger charge is -2.28. The van der Waals surface area contributed by atoms with E-state index in [1.165, 1.54) is 0 Å². The summed E-state index contributed by atoms with van der Waals surface area (Å²) < 4.78 is 13.2. The lowest BCUT2D eigenvalue weighted by Crippen LogP contribution is -2.29. The van der Waals surface area contributed by atoms with Crippen molar-refractivity contribution in [3.8, 4) is 17.1 Å². The molecule has 176 valence electrons. The number of aromatic nitrogens is 3. The molecule has 0 saturated carbocycles. The number of ether oxygens (including phenoxy) is 2. The average molecular weight is 467 g/mol. The van der Waals surface area contributed by atoms with Crippen LogP contribution < -0.4 is 10.1 Å². The Labute approximate surface area is 204 Å².